The molecule has 0 bridgehead atoms. The van der Waals surface area contributed by atoms with Crippen LogP contribution in [-0.4, -0.2) is 52.3 Å². The number of amides is 1. The van der Waals surface area contributed by atoms with Gasteiger partial charge in [-0.2, -0.15) is 18.2 Å². The summed E-state index contributed by atoms with van der Waals surface area (Å²) >= 11 is 2.12. The zero-order chi connectivity index (χ0) is 23.3. The Morgan fingerprint density at radius 3 is 2.78 bits per heavy atom. The van der Waals surface area contributed by atoms with Crippen molar-refractivity contribution in [2.45, 2.75) is 13.1 Å². The second kappa shape index (κ2) is 10.5. The Kier molecular flexibility index (Phi) is 8.01. The lowest BCUT2D eigenvalue weighted by Crippen LogP contribution is -2.39. The summed E-state index contributed by atoms with van der Waals surface area (Å²) in [6.45, 7) is 3.01. The van der Waals surface area contributed by atoms with Crippen molar-refractivity contribution < 1.29 is 27.2 Å². The Labute approximate surface area is 196 Å². The number of rotatable bonds is 8. The van der Waals surface area contributed by atoms with Gasteiger partial charge in [0, 0.05) is 24.8 Å². The predicted molar refractivity (Wildman–Crippen MR) is 125 cm³/mol. The molecule has 13 heteroatoms. The number of H-pyrrole nitrogens is 1. The third-order valence-corrected chi connectivity index (χ3v) is 5.52. The number of anilines is 1. The van der Waals surface area contributed by atoms with Crippen molar-refractivity contribution in [1.29, 1.82) is 0 Å². The minimum absolute atomic E-state index is 0.320. The highest BCUT2D eigenvalue weighted by atomic mass is 127. The van der Waals surface area contributed by atoms with Crippen LogP contribution in [0.25, 0.3) is 23.2 Å². The highest BCUT2D eigenvalue weighted by Crippen LogP contribution is 2.26. The van der Waals surface area contributed by atoms with E-state index in [-0.39, 0.29) is 5.95 Å². The largest absolute Gasteiger partial charge is 0.490 e. The predicted octanol–water partition coefficient (Wildman–Crippen LogP) is 4.70. The molecule has 0 aliphatic rings. The van der Waals surface area contributed by atoms with Crippen molar-refractivity contribution in [3.63, 3.8) is 0 Å². The van der Waals surface area contributed by atoms with Crippen LogP contribution in [0.1, 0.15) is 16.8 Å². The molecule has 1 unspecified atom stereocenters. The van der Waals surface area contributed by atoms with Gasteiger partial charge in [0.15, 0.2) is 0 Å². The lowest BCUT2D eigenvalue weighted by atomic mass is 10.1. The molecule has 0 aromatic carbocycles. The molecular formula is C19H18F3IN5O3P. The topological polar surface area (TPSA) is 93.2 Å². The smallest absolute Gasteiger partial charge is 0.471 e. The van der Waals surface area contributed by atoms with E-state index < -0.39 is 12.1 Å². The average molecular weight is 579 g/mol. The van der Waals surface area contributed by atoms with E-state index in [1.807, 2.05) is 6.92 Å². The highest BCUT2D eigenvalue weighted by Gasteiger charge is 2.42. The number of hydrogen-bond acceptors (Lipinski definition) is 6. The molecule has 3 heterocycles. The molecule has 8 nitrogen and oxygen atoms in total. The summed E-state index contributed by atoms with van der Waals surface area (Å²) in [7, 11) is 0.979. The maximum absolute atomic E-state index is 12.8. The molecule has 1 N–H and O–H groups in total. The van der Waals surface area contributed by atoms with Crippen LogP contribution >= 0.6 is 28.5 Å². The van der Waals surface area contributed by atoms with Crippen LogP contribution in [0.5, 0.6) is 5.75 Å². The molecule has 0 radical (unpaired) electrons. The molecule has 3 aromatic heterocycles. The lowest BCUT2D eigenvalue weighted by Gasteiger charge is -2.17. The van der Waals surface area contributed by atoms with Crippen LogP contribution in [0.2, 0.25) is 0 Å². The van der Waals surface area contributed by atoms with E-state index >= 15 is 0 Å². The molecule has 3 rings (SSSR count). The summed E-state index contributed by atoms with van der Waals surface area (Å²) in [6, 6.07) is 1.76. The first-order valence-electron chi connectivity index (χ1n) is 9.14. The normalized spacial score (nSPS) is 12.3. The number of carbonyl (C=O) groups excluding carboxylic acids is 1. The molecule has 0 spiro atoms. The number of ether oxygens (including phenoxy) is 1. The summed E-state index contributed by atoms with van der Waals surface area (Å²) in [6.07, 6.45) is 3.13. The van der Waals surface area contributed by atoms with Crippen molar-refractivity contribution in [2.75, 3.05) is 25.2 Å². The van der Waals surface area contributed by atoms with E-state index in [4.69, 9.17) is 9.26 Å². The summed E-state index contributed by atoms with van der Waals surface area (Å²) in [5, 5.41) is 0.634. The van der Waals surface area contributed by atoms with Gasteiger partial charge >= 0.3 is 12.1 Å². The number of aromatic amines is 1. The van der Waals surface area contributed by atoms with Crippen molar-refractivity contribution >= 4 is 63.5 Å². The Balaban J connectivity index is 1.90. The van der Waals surface area contributed by atoms with Gasteiger partial charge in [0.25, 0.3) is 0 Å². The standard InChI is InChI=1S/C19H18F3IN5O3P/c1-11-8-25-16-15(11)14(26-18(27-16)28(2)17(29)19(20,21)22)4-3-12-7-13(10-24-9-12)30-5-6-31-32-23/h3-4,7-10,32H,5-6H2,1-2H3,(H,25,26,27)/b4-3+. The van der Waals surface area contributed by atoms with Crippen molar-refractivity contribution in [3.8, 4) is 5.75 Å². The number of nitrogens with one attached hydrogen (secondary N) is 1. The van der Waals surface area contributed by atoms with E-state index in [1.54, 1.807) is 36.8 Å². The highest BCUT2D eigenvalue weighted by molar-refractivity contribution is 14.2. The number of carbonyl (C=O) groups is 1. The Morgan fingerprint density at radius 2 is 2.06 bits per heavy atom. The molecule has 0 saturated carbocycles. The second-order valence-corrected chi connectivity index (χ2v) is 8.29. The van der Waals surface area contributed by atoms with Crippen molar-refractivity contribution in [3.05, 3.63) is 41.5 Å². The average Bonchev–Trinajstić information content (AvgIpc) is 3.14. The number of aryl methyl sites for hydroxylation is 1. The van der Waals surface area contributed by atoms with Crippen LogP contribution in [0.4, 0.5) is 19.1 Å². The molecule has 0 aliphatic heterocycles. The van der Waals surface area contributed by atoms with Gasteiger partial charge in [-0.15, -0.1) is 0 Å². The molecule has 0 aliphatic carbocycles. The zero-order valence-electron chi connectivity index (χ0n) is 16.9. The fourth-order valence-corrected chi connectivity index (χ4v) is 3.60. The molecular weight excluding hydrogens is 561 g/mol. The molecule has 32 heavy (non-hydrogen) atoms. The molecule has 1 atom stereocenters. The van der Waals surface area contributed by atoms with Crippen LogP contribution in [-0.2, 0) is 9.32 Å². The first-order chi connectivity index (χ1) is 15.2. The fraction of sp³-hybridized carbons (Fsp3) is 0.263. The maximum atomic E-state index is 12.8. The summed E-state index contributed by atoms with van der Waals surface area (Å²) in [5.74, 6) is -1.88. The van der Waals surface area contributed by atoms with Crippen LogP contribution in [0.3, 0.4) is 0 Å². The minimum atomic E-state index is -5.04. The monoisotopic (exact) mass is 579 g/mol. The lowest BCUT2D eigenvalue weighted by molar-refractivity contribution is -0.170. The second-order valence-electron chi connectivity index (χ2n) is 6.53. The number of alkyl halides is 3. The van der Waals surface area contributed by atoms with Gasteiger partial charge in [-0.1, -0.05) is 6.08 Å². The Hall–Kier alpha value is -2.31. The van der Waals surface area contributed by atoms with Gasteiger partial charge < -0.3 is 14.2 Å². The van der Waals surface area contributed by atoms with Crippen LogP contribution < -0.4 is 9.64 Å². The van der Waals surface area contributed by atoms with E-state index in [2.05, 4.69) is 42.0 Å². The number of halogens is 4. The molecule has 0 fully saturated rings. The Bertz CT molecular complexity index is 1140. The van der Waals surface area contributed by atoms with Crippen molar-refractivity contribution in [2.24, 2.45) is 0 Å². The van der Waals surface area contributed by atoms with E-state index in [1.165, 1.54) is 0 Å². The quantitative estimate of drug-likeness (QED) is 0.237. The van der Waals surface area contributed by atoms with Gasteiger partial charge in [-0.05, 0) is 52.2 Å². The molecule has 1 amide bonds. The SMILES string of the molecule is Cc1c[nH]c2nc(N(C)C(=O)C(F)(F)F)nc(/C=C/c3cncc(OCCOPI)c3)c12. The Morgan fingerprint density at radius 1 is 1.28 bits per heavy atom. The third-order valence-electron chi connectivity index (χ3n) is 4.27. The van der Waals surface area contributed by atoms with Gasteiger partial charge in [-0.3, -0.25) is 14.7 Å². The number of hydrogen-bond donors (Lipinski definition) is 1. The van der Waals surface area contributed by atoms with Crippen LogP contribution in [0, 0.1) is 6.92 Å². The van der Waals surface area contributed by atoms with E-state index in [0.29, 0.717) is 52.6 Å². The first kappa shape index (κ1) is 24.3. The molecule has 170 valence electrons. The maximum Gasteiger partial charge on any atom is 0.471 e. The number of pyridine rings is 1. The number of aromatic nitrogens is 4. The van der Waals surface area contributed by atoms with Gasteiger partial charge in [-0.25, -0.2) is 4.98 Å². The summed E-state index contributed by atoms with van der Waals surface area (Å²) in [5.41, 5.74) is 2.18. The summed E-state index contributed by atoms with van der Waals surface area (Å²) < 4.78 is 49.4. The minimum Gasteiger partial charge on any atom is -0.490 e. The van der Waals surface area contributed by atoms with Gasteiger partial charge in [0.1, 0.15) is 18.0 Å². The number of fused-ring (bicyclic) bond motifs is 1. The van der Waals surface area contributed by atoms with E-state index in [0.717, 1.165) is 12.6 Å². The zero-order valence-corrected chi connectivity index (χ0v) is 20.1. The van der Waals surface area contributed by atoms with Gasteiger partial charge in [0.05, 0.1) is 24.9 Å². The molecule has 0 saturated heterocycles. The van der Waals surface area contributed by atoms with Gasteiger partial charge in [0.2, 0.25) is 5.95 Å². The van der Waals surface area contributed by atoms with Crippen molar-refractivity contribution in [1.82, 2.24) is 19.9 Å². The first-order valence-corrected chi connectivity index (χ1v) is 13.2. The third kappa shape index (κ3) is 5.93. The van der Waals surface area contributed by atoms with Crippen LogP contribution in [0.15, 0.2) is 24.7 Å². The molecule has 3 aromatic rings. The van der Waals surface area contributed by atoms with E-state index in [9.17, 15) is 18.0 Å². The fourth-order valence-electron chi connectivity index (χ4n) is 2.78. The summed E-state index contributed by atoms with van der Waals surface area (Å²) in [4.78, 5) is 27.3. The number of nitrogens with zero attached hydrogens (tertiary/aromatic N) is 4.